The Kier molecular flexibility index (Phi) is 3.84. The fourth-order valence-corrected chi connectivity index (χ4v) is 4.89. The van der Waals surface area contributed by atoms with Gasteiger partial charge in [-0.3, -0.25) is 4.68 Å². The largest absolute Gasteiger partial charge is 0.375 e. The second kappa shape index (κ2) is 5.44. The molecular weight excluding hydrogens is 369 g/mol. The number of thiophene rings is 1. The van der Waals surface area contributed by atoms with Crippen LogP contribution in [0.5, 0.6) is 0 Å². The highest BCUT2D eigenvalue weighted by Crippen LogP contribution is 2.38. The monoisotopic (exact) mass is 387 g/mol. The second-order valence-corrected chi connectivity index (χ2v) is 8.07. The lowest BCUT2D eigenvalue weighted by molar-refractivity contribution is 0.608. The standard InChI is InChI=1S/C14H18IN3S/c1-3-10-12(8-18(2)17-10)16-11-5-4-6-13-9(11)7-14(15)19-13/h7-8,11,16H,3-6H2,1-2H3. The van der Waals surface area contributed by atoms with Crippen LogP contribution in [0.4, 0.5) is 5.69 Å². The minimum absolute atomic E-state index is 0.456. The van der Waals surface area contributed by atoms with Gasteiger partial charge in [-0.05, 0) is 59.9 Å². The number of fused-ring (bicyclic) bond motifs is 1. The molecule has 0 saturated carbocycles. The van der Waals surface area contributed by atoms with Gasteiger partial charge in [0, 0.05) is 18.1 Å². The third-order valence-electron chi connectivity index (χ3n) is 3.65. The number of aryl methyl sites for hydroxylation is 3. The highest BCUT2D eigenvalue weighted by molar-refractivity contribution is 14.1. The van der Waals surface area contributed by atoms with Crippen LogP contribution in [-0.2, 0) is 19.9 Å². The molecular formula is C14H18IN3S. The van der Waals surface area contributed by atoms with E-state index in [-0.39, 0.29) is 0 Å². The molecule has 0 saturated heterocycles. The molecule has 1 unspecified atom stereocenters. The lowest BCUT2D eigenvalue weighted by Crippen LogP contribution is -2.16. The van der Waals surface area contributed by atoms with Crippen molar-refractivity contribution in [3.63, 3.8) is 0 Å². The van der Waals surface area contributed by atoms with E-state index in [0.717, 1.165) is 6.42 Å². The molecule has 2 heterocycles. The van der Waals surface area contributed by atoms with Crippen LogP contribution in [0.3, 0.4) is 0 Å². The Morgan fingerprint density at radius 3 is 3.21 bits per heavy atom. The van der Waals surface area contributed by atoms with Crippen LogP contribution in [0.1, 0.15) is 41.9 Å². The summed E-state index contributed by atoms with van der Waals surface area (Å²) in [6.07, 6.45) is 6.82. The predicted molar refractivity (Wildman–Crippen MR) is 88.9 cm³/mol. The summed E-state index contributed by atoms with van der Waals surface area (Å²) in [5.74, 6) is 0. The molecule has 0 aliphatic heterocycles. The van der Waals surface area contributed by atoms with Gasteiger partial charge in [-0.2, -0.15) is 5.10 Å². The first-order valence-corrected chi connectivity index (χ1v) is 8.64. The first-order chi connectivity index (χ1) is 9.17. The molecule has 0 spiro atoms. The van der Waals surface area contributed by atoms with Crippen LogP contribution in [0, 0.1) is 2.88 Å². The molecule has 102 valence electrons. The van der Waals surface area contributed by atoms with Gasteiger partial charge in [0.2, 0.25) is 0 Å². The SMILES string of the molecule is CCc1nn(C)cc1NC1CCCc2sc(I)cc21. The predicted octanol–water partition coefficient (Wildman–Crippen LogP) is 4.14. The van der Waals surface area contributed by atoms with Crippen molar-refractivity contribution in [2.24, 2.45) is 7.05 Å². The number of halogens is 1. The van der Waals surface area contributed by atoms with Crippen LogP contribution in [-0.4, -0.2) is 9.78 Å². The molecule has 2 aromatic rings. The van der Waals surface area contributed by atoms with Crippen molar-refractivity contribution in [2.45, 2.75) is 38.6 Å². The van der Waals surface area contributed by atoms with E-state index in [9.17, 15) is 0 Å². The quantitative estimate of drug-likeness (QED) is 0.803. The van der Waals surface area contributed by atoms with Gasteiger partial charge >= 0.3 is 0 Å². The Balaban J connectivity index is 1.87. The van der Waals surface area contributed by atoms with Crippen LogP contribution >= 0.6 is 33.9 Å². The van der Waals surface area contributed by atoms with Gasteiger partial charge in [0.15, 0.2) is 0 Å². The van der Waals surface area contributed by atoms with Crippen molar-refractivity contribution in [3.8, 4) is 0 Å². The number of aromatic nitrogens is 2. The smallest absolute Gasteiger partial charge is 0.0853 e. The lowest BCUT2D eigenvalue weighted by Gasteiger charge is -2.24. The van der Waals surface area contributed by atoms with Crippen molar-refractivity contribution in [1.29, 1.82) is 0 Å². The van der Waals surface area contributed by atoms with E-state index < -0.39 is 0 Å². The maximum absolute atomic E-state index is 4.51. The minimum Gasteiger partial charge on any atom is -0.375 e. The third kappa shape index (κ3) is 2.67. The maximum Gasteiger partial charge on any atom is 0.0853 e. The van der Waals surface area contributed by atoms with Crippen molar-refractivity contribution >= 4 is 39.6 Å². The van der Waals surface area contributed by atoms with E-state index in [2.05, 4.69) is 52.2 Å². The number of nitrogens with zero attached hydrogens (tertiary/aromatic N) is 2. The summed E-state index contributed by atoms with van der Waals surface area (Å²) in [6, 6.07) is 2.80. The normalized spacial score (nSPS) is 18.4. The highest BCUT2D eigenvalue weighted by Gasteiger charge is 2.23. The lowest BCUT2D eigenvalue weighted by atomic mass is 9.94. The van der Waals surface area contributed by atoms with Gasteiger partial charge < -0.3 is 5.32 Å². The summed E-state index contributed by atoms with van der Waals surface area (Å²) in [4.78, 5) is 1.56. The molecule has 19 heavy (non-hydrogen) atoms. The van der Waals surface area contributed by atoms with Crippen LogP contribution in [0.15, 0.2) is 12.3 Å². The van der Waals surface area contributed by atoms with Crippen molar-refractivity contribution < 1.29 is 0 Å². The van der Waals surface area contributed by atoms with Gasteiger partial charge in [0.25, 0.3) is 0 Å². The summed E-state index contributed by atoms with van der Waals surface area (Å²) >= 11 is 4.38. The zero-order valence-electron chi connectivity index (χ0n) is 11.2. The van der Waals surface area contributed by atoms with E-state index in [0.29, 0.717) is 6.04 Å². The molecule has 2 aromatic heterocycles. The molecule has 0 fully saturated rings. The Morgan fingerprint density at radius 1 is 1.58 bits per heavy atom. The molecule has 0 amide bonds. The van der Waals surface area contributed by atoms with Gasteiger partial charge in [-0.1, -0.05) is 6.92 Å². The Labute approximate surface area is 131 Å². The highest BCUT2D eigenvalue weighted by atomic mass is 127. The molecule has 0 bridgehead atoms. The molecule has 5 heteroatoms. The van der Waals surface area contributed by atoms with E-state index >= 15 is 0 Å². The van der Waals surface area contributed by atoms with Gasteiger partial charge in [-0.25, -0.2) is 0 Å². The number of rotatable bonds is 3. The molecule has 3 nitrogen and oxygen atoms in total. The summed E-state index contributed by atoms with van der Waals surface area (Å²) in [6.45, 7) is 2.16. The van der Waals surface area contributed by atoms with E-state index in [1.807, 2.05) is 23.1 Å². The van der Waals surface area contributed by atoms with Gasteiger partial charge in [0.1, 0.15) is 0 Å². The van der Waals surface area contributed by atoms with Gasteiger partial charge in [-0.15, -0.1) is 11.3 Å². The third-order valence-corrected chi connectivity index (χ3v) is 5.62. The van der Waals surface area contributed by atoms with Crippen molar-refractivity contribution in [2.75, 3.05) is 5.32 Å². The molecule has 3 rings (SSSR count). The average molecular weight is 387 g/mol. The van der Waals surface area contributed by atoms with Crippen molar-refractivity contribution in [3.05, 3.63) is 31.3 Å². The van der Waals surface area contributed by atoms with E-state index in [1.54, 1.807) is 4.88 Å². The minimum atomic E-state index is 0.456. The zero-order chi connectivity index (χ0) is 13.4. The van der Waals surface area contributed by atoms with E-state index in [4.69, 9.17) is 0 Å². The summed E-state index contributed by atoms with van der Waals surface area (Å²) in [5.41, 5.74) is 3.87. The van der Waals surface area contributed by atoms with Gasteiger partial charge in [0.05, 0.1) is 20.3 Å². The number of nitrogens with one attached hydrogen (secondary N) is 1. The summed E-state index contributed by atoms with van der Waals surface area (Å²) in [7, 11) is 1.99. The zero-order valence-corrected chi connectivity index (χ0v) is 14.2. The average Bonchev–Trinajstić information content (AvgIpc) is 2.92. The fraction of sp³-hybridized carbons (Fsp3) is 0.500. The molecule has 0 radical (unpaired) electrons. The number of anilines is 1. The first-order valence-electron chi connectivity index (χ1n) is 6.74. The summed E-state index contributed by atoms with van der Waals surface area (Å²) < 4.78 is 3.31. The second-order valence-electron chi connectivity index (χ2n) is 5.03. The number of hydrogen-bond acceptors (Lipinski definition) is 3. The molecule has 1 aliphatic carbocycles. The molecule has 1 atom stereocenters. The Morgan fingerprint density at radius 2 is 2.42 bits per heavy atom. The molecule has 1 aliphatic rings. The van der Waals surface area contributed by atoms with Crippen LogP contribution < -0.4 is 5.32 Å². The maximum atomic E-state index is 4.51. The van der Waals surface area contributed by atoms with E-state index in [1.165, 1.54) is 39.1 Å². The topological polar surface area (TPSA) is 29.9 Å². The Hall–Kier alpha value is -0.560. The van der Waals surface area contributed by atoms with Crippen molar-refractivity contribution in [1.82, 2.24) is 9.78 Å². The molecule has 0 aromatic carbocycles. The first kappa shape index (κ1) is 13.4. The Bertz CT molecular complexity index is 588. The van der Waals surface area contributed by atoms with Crippen LogP contribution in [0.25, 0.3) is 0 Å². The van der Waals surface area contributed by atoms with Crippen LogP contribution in [0.2, 0.25) is 0 Å². The number of hydrogen-bond donors (Lipinski definition) is 1. The summed E-state index contributed by atoms with van der Waals surface area (Å²) in [5, 5.41) is 8.22. The fourth-order valence-electron chi connectivity index (χ4n) is 2.78. The molecule has 1 N–H and O–H groups in total.